The first-order valence-corrected chi connectivity index (χ1v) is 11.8. The summed E-state index contributed by atoms with van der Waals surface area (Å²) in [6, 6.07) is 12.1. The summed E-state index contributed by atoms with van der Waals surface area (Å²) >= 11 is 0. The summed E-state index contributed by atoms with van der Waals surface area (Å²) in [7, 11) is 0. The molecule has 0 aromatic heterocycles. The van der Waals surface area contributed by atoms with E-state index in [0.717, 1.165) is 37.7 Å². The predicted octanol–water partition coefficient (Wildman–Crippen LogP) is 3.89. The van der Waals surface area contributed by atoms with Crippen LogP contribution < -0.4 is 20.5 Å². The highest BCUT2D eigenvalue weighted by Crippen LogP contribution is 2.36. The predicted molar refractivity (Wildman–Crippen MR) is 135 cm³/mol. The molecule has 0 saturated heterocycles. The van der Waals surface area contributed by atoms with Crippen molar-refractivity contribution in [2.24, 2.45) is 11.7 Å². The van der Waals surface area contributed by atoms with Gasteiger partial charge in [-0.05, 0) is 85.5 Å². The summed E-state index contributed by atoms with van der Waals surface area (Å²) in [6.07, 6.45) is 4.71. The van der Waals surface area contributed by atoms with E-state index >= 15 is 0 Å². The van der Waals surface area contributed by atoms with Crippen LogP contribution in [0.25, 0.3) is 0 Å². The Morgan fingerprint density at radius 2 is 1.91 bits per heavy atom. The molecule has 3 atom stereocenters. The van der Waals surface area contributed by atoms with E-state index in [9.17, 15) is 15.0 Å². The molecule has 34 heavy (non-hydrogen) atoms. The summed E-state index contributed by atoms with van der Waals surface area (Å²) < 4.78 is 11.4. The average molecular weight is 493 g/mol. The van der Waals surface area contributed by atoms with Crippen molar-refractivity contribution in [3.05, 3.63) is 53.6 Å². The van der Waals surface area contributed by atoms with E-state index in [2.05, 4.69) is 12.2 Å². The van der Waals surface area contributed by atoms with Gasteiger partial charge in [0.2, 0.25) is 0 Å². The number of hydrogen-bond donors (Lipinski definition) is 4. The summed E-state index contributed by atoms with van der Waals surface area (Å²) in [5, 5.41) is 22.8. The minimum absolute atomic E-state index is 0. The number of aryl methyl sites for hydroxylation is 1. The van der Waals surface area contributed by atoms with Gasteiger partial charge in [0.1, 0.15) is 23.9 Å². The standard InChI is InChI=1S/C26H36N2O5.ClH/c1-2-3-13-28-25(31)17-33-23-10-7-18-5-4-6-19(26(27)24(18)15-23)14-21(30)16-32-22-11-8-20(29)9-12-22;/h7-12,15,19,21,26,29-30H,2-6,13-14,16-17,27H2,1H3,(H,28,31);1H/t19?,21-,26?;/m0./s1. The molecule has 188 valence electrons. The Labute approximate surface area is 208 Å². The molecule has 0 spiro atoms. The van der Waals surface area contributed by atoms with Crippen LogP contribution in [0.5, 0.6) is 17.2 Å². The van der Waals surface area contributed by atoms with Gasteiger partial charge in [-0.25, -0.2) is 0 Å². The Morgan fingerprint density at radius 1 is 1.18 bits per heavy atom. The van der Waals surface area contributed by atoms with E-state index in [0.29, 0.717) is 24.5 Å². The van der Waals surface area contributed by atoms with Gasteiger partial charge in [-0.2, -0.15) is 0 Å². The molecule has 0 fully saturated rings. The average Bonchev–Trinajstić information content (AvgIpc) is 2.96. The lowest BCUT2D eigenvalue weighted by Crippen LogP contribution is -2.29. The van der Waals surface area contributed by atoms with E-state index < -0.39 is 6.10 Å². The van der Waals surface area contributed by atoms with E-state index in [1.165, 1.54) is 5.56 Å². The molecule has 3 rings (SSSR count). The number of halogens is 1. The molecule has 7 nitrogen and oxygen atoms in total. The number of nitrogens with one attached hydrogen (secondary N) is 1. The number of aromatic hydroxyl groups is 1. The fraction of sp³-hybridized carbons (Fsp3) is 0.500. The highest BCUT2D eigenvalue weighted by Gasteiger charge is 2.27. The van der Waals surface area contributed by atoms with E-state index in [-0.39, 0.29) is 49.2 Å². The highest BCUT2D eigenvalue weighted by atomic mass is 35.5. The number of hydrogen-bond acceptors (Lipinski definition) is 6. The van der Waals surface area contributed by atoms with Crippen LogP contribution in [0.2, 0.25) is 0 Å². The van der Waals surface area contributed by atoms with Crippen molar-refractivity contribution in [1.29, 1.82) is 0 Å². The first kappa shape index (κ1) is 27.8. The Hall–Kier alpha value is -2.48. The number of nitrogens with two attached hydrogens (primary N) is 1. The van der Waals surface area contributed by atoms with Gasteiger partial charge in [0, 0.05) is 12.6 Å². The monoisotopic (exact) mass is 492 g/mol. The van der Waals surface area contributed by atoms with Crippen molar-refractivity contribution in [3.63, 3.8) is 0 Å². The molecular formula is C26H37ClN2O5. The summed E-state index contributed by atoms with van der Waals surface area (Å²) in [6.45, 7) is 2.89. The third-order valence-corrected chi connectivity index (χ3v) is 6.08. The molecule has 1 aliphatic carbocycles. The van der Waals surface area contributed by atoms with Crippen molar-refractivity contribution < 1.29 is 24.5 Å². The van der Waals surface area contributed by atoms with Gasteiger partial charge in [-0.15, -0.1) is 12.4 Å². The number of aliphatic hydroxyl groups is 1. The first-order chi connectivity index (χ1) is 16.0. The fourth-order valence-electron chi connectivity index (χ4n) is 4.21. The molecule has 2 aromatic carbocycles. The van der Waals surface area contributed by atoms with Crippen LogP contribution in [-0.4, -0.2) is 42.0 Å². The first-order valence-electron chi connectivity index (χ1n) is 11.8. The number of phenolic OH excluding ortho intramolecular Hbond substituents is 1. The molecule has 2 aromatic rings. The van der Waals surface area contributed by atoms with Gasteiger partial charge in [0.15, 0.2) is 6.61 Å². The smallest absolute Gasteiger partial charge is 0.257 e. The molecule has 1 aliphatic rings. The zero-order valence-corrected chi connectivity index (χ0v) is 20.6. The number of rotatable bonds is 11. The number of ether oxygens (including phenoxy) is 2. The molecule has 0 saturated carbocycles. The lowest BCUT2D eigenvalue weighted by atomic mass is 9.87. The van der Waals surface area contributed by atoms with Crippen LogP contribution in [0.1, 0.15) is 56.2 Å². The maximum absolute atomic E-state index is 11.9. The van der Waals surface area contributed by atoms with Gasteiger partial charge in [-0.3, -0.25) is 4.79 Å². The van der Waals surface area contributed by atoms with E-state index in [1.54, 1.807) is 24.3 Å². The van der Waals surface area contributed by atoms with Crippen LogP contribution in [0.15, 0.2) is 42.5 Å². The fourth-order valence-corrected chi connectivity index (χ4v) is 4.21. The van der Waals surface area contributed by atoms with Gasteiger partial charge in [-0.1, -0.05) is 19.4 Å². The third kappa shape index (κ3) is 8.38. The second-order valence-corrected chi connectivity index (χ2v) is 8.73. The zero-order valence-electron chi connectivity index (χ0n) is 19.7. The SMILES string of the molecule is CCCCNC(=O)COc1ccc2c(c1)C(N)C(C[C@H](O)COc1ccc(O)cc1)CCC2.Cl. The van der Waals surface area contributed by atoms with Crippen LogP contribution in [-0.2, 0) is 11.2 Å². The van der Waals surface area contributed by atoms with Crippen LogP contribution in [0, 0.1) is 5.92 Å². The molecule has 0 radical (unpaired) electrons. The maximum Gasteiger partial charge on any atom is 0.257 e. The molecule has 1 amide bonds. The number of aliphatic hydroxyl groups excluding tert-OH is 1. The van der Waals surface area contributed by atoms with Gasteiger partial charge >= 0.3 is 0 Å². The summed E-state index contributed by atoms with van der Waals surface area (Å²) in [5.74, 6) is 1.38. The number of amides is 1. The number of carbonyl (C=O) groups is 1. The maximum atomic E-state index is 11.9. The minimum Gasteiger partial charge on any atom is -0.508 e. The number of phenols is 1. The van der Waals surface area contributed by atoms with Gasteiger partial charge < -0.3 is 30.7 Å². The number of fused-ring (bicyclic) bond motifs is 1. The number of unbranched alkanes of at least 4 members (excludes halogenated alkanes) is 1. The van der Waals surface area contributed by atoms with Crippen molar-refractivity contribution in [3.8, 4) is 17.2 Å². The van der Waals surface area contributed by atoms with Crippen molar-refractivity contribution in [2.45, 2.75) is 57.6 Å². The quantitative estimate of drug-likeness (QED) is 0.279. The normalized spacial score (nSPS) is 18.1. The van der Waals surface area contributed by atoms with Crippen molar-refractivity contribution >= 4 is 18.3 Å². The Kier molecular flexibility index (Phi) is 11.5. The zero-order chi connectivity index (χ0) is 23.6. The van der Waals surface area contributed by atoms with Crippen molar-refractivity contribution in [2.75, 3.05) is 19.8 Å². The largest absolute Gasteiger partial charge is 0.508 e. The third-order valence-electron chi connectivity index (χ3n) is 6.08. The molecular weight excluding hydrogens is 456 g/mol. The lowest BCUT2D eigenvalue weighted by Gasteiger charge is -2.25. The molecule has 8 heteroatoms. The van der Waals surface area contributed by atoms with Gasteiger partial charge in [0.05, 0.1) is 6.10 Å². The second-order valence-electron chi connectivity index (χ2n) is 8.73. The van der Waals surface area contributed by atoms with Crippen LogP contribution in [0.4, 0.5) is 0 Å². The minimum atomic E-state index is -0.650. The molecule has 0 heterocycles. The second kappa shape index (κ2) is 14.0. The number of benzene rings is 2. The lowest BCUT2D eigenvalue weighted by molar-refractivity contribution is -0.123. The summed E-state index contributed by atoms with van der Waals surface area (Å²) in [5.41, 5.74) is 8.87. The van der Waals surface area contributed by atoms with Crippen LogP contribution >= 0.6 is 12.4 Å². The Bertz CT molecular complexity index is 893. The molecule has 5 N–H and O–H groups in total. The van der Waals surface area contributed by atoms with Gasteiger partial charge in [0.25, 0.3) is 5.91 Å². The highest BCUT2D eigenvalue weighted by molar-refractivity contribution is 5.85. The van der Waals surface area contributed by atoms with Crippen LogP contribution in [0.3, 0.4) is 0 Å². The topological polar surface area (TPSA) is 114 Å². The van der Waals surface area contributed by atoms with E-state index in [1.807, 2.05) is 18.2 Å². The van der Waals surface area contributed by atoms with E-state index in [4.69, 9.17) is 15.2 Å². The summed E-state index contributed by atoms with van der Waals surface area (Å²) in [4.78, 5) is 11.9. The molecule has 0 aliphatic heterocycles. The molecule has 2 unspecified atom stereocenters. The molecule has 0 bridgehead atoms. The number of carbonyl (C=O) groups excluding carboxylic acids is 1. The Balaban J connectivity index is 0.00000408. The Morgan fingerprint density at radius 3 is 2.65 bits per heavy atom. The van der Waals surface area contributed by atoms with Crippen molar-refractivity contribution in [1.82, 2.24) is 5.32 Å².